The summed E-state index contributed by atoms with van der Waals surface area (Å²) in [6, 6.07) is 34.7. The lowest BCUT2D eigenvalue weighted by molar-refractivity contribution is -0.212. The van der Waals surface area contributed by atoms with E-state index in [2.05, 4.69) is 6.58 Å². The van der Waals surface area contributed by atoms with Gasteiger partial charge in [0.1, 0.15) is 31.5 Å². The number of benzene rings is 4. The van der Waals surface area contributed by atoms with Crippen molar-refractivity contribution in [3.63, 3.8) is 0 Å². The molecule has 13 nitrogen and oxygen atoms in total. The number of hydrogen-bond acceptors (Lipinski definition) is 13. The molecule has 7 rings (SSSR count). The summed E-state index contributed by atoms with van der Waals surface area (Å²) in [6.07, 6.45) is -0.804. The van der Waals surface area contributed by atoms with Gasteiger partial charge in [0.05, 0.1) is 46.7 Å². The zero-order valence-corrected chi connectivity index (χ0v) is 36.0. The fourth-order valence-electron chi connectivity index (χ4n) is 7.67. The van der Waals surface area contributed by atoms with Gasteiger partial charge in [-0.1, -0.05) is 92.7 Å². The Balaban J connectivity index is 0.000000210. The number of aliphatic hydroxyl groups excluding tert-OH is 1. The number of fused-ring (bicyclic) bond motifs is 1. The fourth-order valence-corrected chi connectivity index (χ4v) is 7.67. The molecule has 13 heteroatoms. The lowest BCUT2D eigenvalue weighted by Gasteiger charge is -2.26. The van der Waals surface area contributed by atoms with Gasteiger partial charge < -0.3 is 43.0 Å². The average molecular weight is 865 g/mol. The molecule has 0 aromatic heterocycles. The lowest BCUT2D eigenvalue weighted by atomic mass is 9.94. The molecule has 3 aliphatic heterocycles. The third-order valence-electron chi connectivity index (χ3n) is 11.1. The predicted octanol–water partition coefficient (Wildman–Crippen LogP) is 7.77. The molecule has 2 unspecified atom stereocenters. The van der Waals surface area contributed by atoms with Gasteiger partial charge in [-0.05, 0) is 68.8 Å². The molecule has 334 valence electrons. The number of hydrogen-bond donors (Lipinski definition) is 1. The van der Waals surface area contributed by atoms with Gasteiger partial charge in [-0.3, -0.25) is 0 Å². The monoisotopic (exact) mass is 864 g/mol. The highest BCUT2D eigenvalue weighted by Gasteiger charge is 2.53. The van der Waals surface area contributed by atoms with E-state index in [1.165, 1.54) is 0 Å². The molecule has 3 heterocycles. The molecule has 63 heavy (non-hydrogen) atoms. The Kier molecular flexibility index (Phi) is 16.4. The van der Waals surface area contributed by atoms with Crippen molar-refractivity contribution in [1.82, 2.24) is 0 Å². The van der Waals surface area contributed by atoms with Gasteiger partial charge in [0, 0.05) is 24.7 Å². The number of esters is 4. The van der Waals surface area contributed by atoms with Crippen molar-refractivity contribution in [3.8, 4) is 0 Å². The van der Waals surface area contributed by atoms with Gasteiger partial charge in [-0.25, -0.2) is 19.2 Å². The van der Waals surface area contributed by atoms with E-state index in [4.69, 9.17) is 37.9 Å². The van der Waals surface area contributed by atoms with Crippen LogP contribution in [0.1, 0.15) is 88.4 Å². The van der Waals surface area contributed by atoms with E-state index in [1.54, 1.807) is 103 Å². The summed E-state index contributed by atoms with van der Waals surface area (Å²) in [4.78, 5) is 50.0. The molecular formula is C50H56O13. The zero-order chi connectivity index (χ0) is 44.9. The minimum absolute atomic E-state index is 0.0181. The molecule has 0 bridgehead atoms. The highest BCUT2D eigenvalue weighted by Crippen LogP contribution is 2.42. The van der Waals surface area contributed by atoms with E-state index in [9.17, 15) is 24.3 Å². The van der Waals surface area contributed by atoms with Gasteiger partial charge in [0.25, 0.3) is 0 Å². The van der Waals surface area contributed by atoms with E-state index in [-0.39, 0.29) is 49.5 Å². The molecule has 3 saturated heterocycles. The van der Waals surface area contributed by atoms with Crippen LogP contribution in [-0.4, -0.2) is 97.0 Å². The summed E-state index contributed by atoms with van der Waals surface area (Å²) in [7, 11) is 0. The number of rotatable bonds is 16. The Hall–Kier alpha value is -5.70. The molecule has 0 saturated carbocycles. The van der Waals surface area contributed by atoms with Crippen molar-refractivity contribution in [2.75, 3.05) is 13.2 Å². The first-order valence-electron chi connectivity index (χ1n) is 21.2. The van der Waals surface area contributed by atoms with Crippen LogP contribution < -0.4 is 0 Å². The topological polar surface area (TPSA) is 162 Å². The Morgan fingerprint density at radius 1 is 0.603 bits per heavy atom. The summed E-state index contributed by atoms with van der Waals surface area (Å²) >= 11 is 0. The minimum Gasteiger partial charge on any atom is -0.458 e. The molecule has 0 spiro atoms. The van der Waals surface area contributed by atoms with Crippen molar-refractivity contribution >= 4 is 23.9 Å². The van der Waals surface area contributed by atoms with E-state index >= 15 is 0 Å². The maximum atomic E-state index is 12.7. The largest absolute Gasteiger partial charge is 0.458 e. The summed E-state index contributed by atoms with van der Waals surface area (Å²) in [5, 5.41) is 10.4. The van der Waals surface area contributed by atoms with Gasteiger partial charge in [0.2, 0.25) is 0 Å². The quantitative estimate of drug-likeness (QED) is 0.0661. The first-order valence-corrected chi connectivity index (χ1v) is 21.2. The minimum atomic E-state index is -0.720. The summed E-state index contributed by atoms with van der Waals surface area (Å²) in [5.74, 6) is -2.79. The van der Waals surface area contributed by atoms with Crippen molar-refractivity contribution < 1.29 is 62.2 Å². The number of carbonyl (C=O) groups excluding carboxylic acids is 4. The van der Waals surface area contributed by atoms with Crippen LogP contribution in [0, 0.1) is 11.8 Å². The van der Waals surface area contributed by atoms with Crippen LogP contribution in [0.2, 0.25) is 0 Å². The summed E-state index contributed by atoms with van der Waals surface area (Å²) in [5.41, 5.74) is 1.69. The molecule has 4 aromatic rings. The Bertz CT molecular complexity index is 2100. The standard InChI is InChI=1S/C25H28O7.C25H28O6/c1-16-20(30-24-21(16)31-25(2,3)32-24)14-19(29-23(27)18-12-8-5-9-13-18)15-28-22(26)17-10-6-4-7-11-17;1-3-10-21-23(26)17(2)22(31-21)15-20(30-25(28)19-13-8-5-9-14-19)16-29-24(27)18-11-6-4-7-12-18/h4-13,16,19-21,24H,14-15H2,1-3H3;3-9,11-14,17,20-23,26H,1,10,15-16H2,2H3/t16-,19?,20+,21?,24+;17-,20-,21-,22+,23+/m00/s1. The van der Waals surface area contributed by atoms with Crippen molar-refractivity contribution in [1.29, 1.82) is 0 Å². The highest BCUT2D eigenvalue weighted by molar-refractivity contribution is 5.91. The molecule has 3 fully saturated rings. The third-order valence-corrected chi connectivity index (χ3v) is 11.1. The number of ether oxygens (including phenoxy) is 8. The van der Waals surface area contributed by atoms with Gasteiger partial charge >= 0.3 is 23.9 Å². The highest BCUT2D eigenvalue weighted by atomic mass is 16.8. The van der Waals surface area contributed by atoms with Crippen LogP contribution in [-0.2, 0) is 37.9 Å². The molecule has 0 aliphatic carbocycles. The van der Waals surface area contributed by atoms with Crippen LogP contribution in [0.25, 0.3) is 0 Å². The molecule has 1 N–H and O–H groups in total. The molecule has 4 aromatic carbocycles. The Morgan fingerprint density at radius 2 is 1.00 bits per heavy atom. The van der Waals surface area contributed by atoms with Gasteiger partial charge in [0.15, 0.2) is 12.1 Å². The molecule has 3 aliphatic rings. The summed E-state index contributed by atoms with van der Waals surface area (Å²) < 4.78 is 46.1. The molecule has 0 amide bonds. The van der Waals surface area contributed by atoms with Gasteiger partial charge in [-0.15, -0.1) is 6.58 Å². The molecule has 10 atom stereocenters. The zero-order valence-electron chi connectivity index (χ0n) is 36.0. The fraction of sp³-hybridized carbons (Fsp3) is 0.400. The van der Waals surface area contributed by atoms with Gasteiger partial charge in [-0.2, -0.15) is 0 Å². The second-order valence-corrected chi connectivity index (χ2v) is 16.3. The van der Waals surface area contributed by atoms with Crippen LogP contribution in [0.4, 0.5) is 0 Å². The molecular weight excluding hydrogens is 809 g/mol. The number of carbonyl (C=O) groups is 4. The SMILES string of the molecule is C=CC[C@@H]1O[C@H](C[C@@H](COC(=O)c2ccccc2)OC(=O)c2ccccc2)[C@H](C)[C@H]1O.C[C@@H]1C2OC(C)(C)O[C@H]2O[C@@H]1CC(COC(=O)c1ccccc1)OC(=O)c1ccccc1. The van der Waals surface area contributed by atoms with Crippen molar-refractivity contribution in [2.24, 2.45) is 11.8 Å². The second-order valence-electron chi connectivity index (χ2n) is 16.3. The maximum Gasteiger partial charge on any atom is 0.338 e. The smallest absolute Gasteiger partial charge is 0.338 e. The normalized spacial score (nSPS) is 25.3. The van der Waals surface area contributed by atoms with Crippen molar-refractivity contribution in [3.05, 3.63) is 156 Å². The van der Waals surface area contributed by atoms with E-state index in [0.717, 1.165) is 0 Å². The van der Waals surface area contributed by atoms with E-state index in [0.29, 0.717) is 41.5 Å². The van der Waals surface area contributed by atoms with E-state index < -0.39 is 54.3 Å². The maximum absolute atomic E-state index is 12.7. The van der Waals surface area contributed by atoms with Crippen LogP contribution in [0.3, 0.4) is 0 Å². The van der Waals surface area contributed by atoms with Crippen molar-refractivity contribution in [2.45, 2.75) is 102 Å². The van der Waals surface area contributed by atoms with Crippen LogP contribution >= 0.6 is 0 Å². The average Bonchev–Trinajstić information content (AvgIpc) is 3.86. The first kappa shape index (κ1) is 46.8. The van der Waals surface area contributed by atoms with E-state index in [1.807, 2.05) is 52.0 Å². The summed E-state index contributed by atoms with van der Waals surface area (Å²) in [6.45, 7) is 11.1. The van der Waals surface area contributed by atoms with Crippen LogP contribution in [0.15, 0.2) is 134 Å². The number of aliphatic hydroxyl groups is 1. The molecule has 0 radical (unpaired) electrons. The third kappa shape index (κ3) is 12.9. The predicted molar refractivity (Wildman–Crippen MR) is 230 cm³/mol. The Labute approximate surface area is 368 Å². The first-order chi connectivity index (χ1) is 30.3. The van der Waals surface area contributed by atoms with Crippen LogP contribution in [0.5, 0.6) is 0 Å². The Morgan fingerprint density at radius 3 is 1.40 bits per heavy atom. The second kappa shape index (κ2) is 22.1. The lowest BCUT2D eigenvalue weighted by Crippen LogP contribution is -2.34.